The quantitative estimate of drug-likeness (QED) is 0.538. The van der Waals surface area contributed by atoms with Gasteiger partial charge in [-0.15, -0.1) is 0 Å². The lowest BCUT2D eigenvalue weighted by Gasteiger charge is -2.20. The molecule has 0 aromatic heterocycles. The predicted octanol–water partition coefficient (Wildman–Crippen LogP) is 0.731. The maximum Gasteiger partial charge on any atom is 0.242 e. The summed E-state index contributed by atoms with van der Waals surface area (Å²) >= 11 is 0. The number of hydrogen-bond donors (Lipinski definition) is 5. The fourth-order valence-electron chi connectivity index (χ4n) is 2.46. The van der Waals surface area contributed by atoms with Crippen LogP contribution in [0.15, 0.2) is 54.6 Å². The van der Waals surface area contributed by atoms with E-state index in [1.165, 1.54) is 0 Å². The van der Waals surface area contributed by atoms with Gasteiger partial charge in [-0.2, -0.15) is 5.53 Å². The summed E-state index contributed by atoms with van der Waals surface area (Å²) in [5.74, 6) is 0.694. The summed E-state index contributed by atoms with van der Waals surface area (Å²) in [6.07, 6.45) is -0.261. The van der Waals surface area contributed by atoms with Crippen molar-refractivity contribution in [2.24, 2.45) is 0 Å². The first-order valence-corrected chi connectivity index (χ1v) is 7.74. The molecule has 2 unspecified atom stereocenters. The summed E-state index contributed by atoms with van der Waals surface area (Å²) in [5, 5.41) is 6.20. The molecule has 1 aliphatic rings. The largest absolute Gasteiger partial charge is 0.497 e. The van der Waals surface area contributed by atoms with Crippen LogP contribution in [-0.2, 0) is 11.3 Å². The number of benzene rings is 2. The molecule has 0 bridgehead atoms. The molecular formula is C17H21N5O2. The van der Waals surface area contributed by atoms with E-state index >= 15 is 0 Å². The highest BCUT2D eigenvalue weighted by atomic mass is 16.5. The molecule has 126 valence electrons. The monoisotopic (exact) mass is 327 g/mol. The Morgan fingerprint density at radius 1 is 1.08 bits per heavy atom. The maximum absolute atomic E-state index is 12.4. The second-order valence-corrected chi connectivity index (χ2v) is 5.45. The zero-order chi connectivity index (χ0) is 16.8. The second kappa shape index (κ2) is 7.78. The van der Waals surface area contributed by atoms with Crippen molar-refractivity contribution in [3.8, 4) is 5.75 Å². The number of para-hydroxylation sites is 1. The van der Waals surface area contributed by atoms with Crippen molar-refractivity contribution in [1.29, 1.82) is 0 Å². The summed E-state index contributed by atoms with van der Waals surface area (Å²) < 4.78 is 5.12. The highest BCUT2D eigenvalue weighted by Gasteiger charge is 2.32. The van der Waals surface area contributed by atoms with Gasteiger partial charge in [0.25, 0.3) is 0 Å². The van der Waals surface area contributed by atoms with Gasteiger partial charge in [0.1, 0.15) is 18.0 Å². The predicted molar refractivity (Wildman–Crippen MR) is 91.9 cm³/mol. The molecule has 0 radical (unpaired) electrons. The number of amides is 1. The lowest BCUT2D eigenvalue weighted by atomic mass is 10.2. The van der Waals surface area contributed by atoms with Crippen molar-refractivity contribution in [1.82, 2.24) is 21.7 Å². The smallest absolute Gasteiger partial charge is 0.242 e. The summed E-state index contributed by atoms with van der Waals surface area (Å²) in [5.41, 5.74) is 10.7. The Morgan fingerprint density at radius 2 is 1.83 bits per heavy atom. The third kappa shape index (κ3) is 4.02. The number of nitrogens with one attached hydrogen (secondary N) is 5. The average molecular weight is 327 g/mol. The Bertz CT molecular complexity index is 662. The van der Waals surface area contributed by atoms with Crippen molar-refractivity contribution in [3.63, 3.8) is 0 Å². The molecule has 1 fully saturated rings. The fourth-order valence-corrected chi connectivity index (χ4v) is 2.46. The van der Waals surface area contributed by atoms with Gasteiger partial charge in [-0.25, -0.2) is 10.9 Å². The minimum atomic E-state index is -0.441. The van der Waals surface area contributed by atoms with Gasteiger partial charge < -0.3 is 15.4 Å². The van der Waals surface area contributed by atoms with Gasteiger partial charge in [0.2, 0.25) is 5.91 Å². The van der Waals surface area contributed by atoms with Crippen LogP contribution in [0.4, 0.5) is 5.69 Å². The first-order valence-electron chi connectivity index (χ1n) is 7.74. The van der Waals surface area contributed by atoms with E-state index in [0.717, 1.165) is 17.0 Å². The topological polar surface area (TPSA) is 86.5 Å². The van der Waals surface area contributed by atoms with Crippen molar-refractivity contribution in [3.05, 3.63) is 60.2 Å². The van der Waals surface area contributed by atoms with Gasteiger partial charge in [-0.05, 0) is 29.8 Å². The van der Waals surface area contributed by atoms with Crippen molar-refractivity contribution < 1.29 is 9.53 Å². The van der Waals surface area contributed by atoms with Crippen LogP contribution in [0.5, 0.6) is 5.75 Å². The van der Waals surface area contributed by atoms with E-state index in [1.807, 2.05) is 54.6 Å². The summed E-state index contributed by atoms with van der Waals surface area (Å²) in [4.78, 5) is 12.4. The lowest BCUT2D eigenvalue weighted by molar-refractivity contribution is -0.123. The molecule has 7 nitrogen and oxygen atoms in total. The molecule has 0 aliphatic carbocycles. The molecule has 5 N–H and O–H groups in total. The second-order valence-electron chi connectivity index (χ2n) is 5.45. The summed E-state index contributed by atoms with van der Waals surface area (Å²) in [6, 6.07) is 16.9. The number of methoxy groups -OCH3 is 1. The first kappa shape index (κ1) is 16.3. The summed E-state index contributed by atoms with van der Waals surface area (Å²) in [6.45, 7) is 0.457. The molecule has 1 amide bonds. The Morgan fingerprint density at radius 3 is 2.54 bits per heavy atom. The minimum Gasteiger partial charge on any atom is -0.497 e. The van der Waals surface area contributed by atoms with E-state index in [9.17, 15) is 4.79 Å². The van der Waals surface area contributed by atoms with Crippen LogP contribution in [0, 0.1) is 0 Å². The maximum atomic E-state index is 12.4. The minimum absolute atomic E-state index is 0.100. The van der Waals surface area contributed by atoms with Gasteiger partial charge in [-0.3, -0.25) is 4.79 Å². The highest BCUT2D eigenvalue weighted by molar-refractivity contribution is 5.83. The molecule has 0 saturated carbocycles. The first-order chi connectivity index (χ1) is 11.8. The van der Waals surface area contributed by atoms with Crippen LogP contribution in [0.2, 0.25) is 0 Å². The number of carbonyl (C=O) groups is 1. The van der Waals surface area contributed by atoms with E-state index in [1.54, 1.807) is 7.11 Å². The van der Waals surface area contributed by atoms with Crippen molar-refractivity contribution in [2.45, 2.75) is 18.8 Å². The third-order valence-electron chi connectivity index (χ3n) is 3.79. The Balaban J connectivity index is 1.55. The number of hydrogen-bond acceptors (Lipinski definition) is 6. The van der Waals surface area contributed by atoms with Gasteiger partial charge in [0, 0.05) is 12.2 Å². The average Bonchev–Trinajstić information content (AvgIpc) is 3.09. The lowest BCUT2D eigenvalue weighted by Crippen LogP contribution is -2.50. The third-order valence-corrected chi connectivity index (χ3v) is 3.79. The fraction of sp³-hybridized carbons (Fsp3) is 0.235. The van der Waals surface area contributed by atoms with Crippen LogP contribution in [0.3, 0.4) is 0 Å². The van der Waals surface area contributed by atoms with E-state index in [-0.39, 0.29) is 12.1 Å². The molecular weight excluding hydrogens is 306 g/mol. The van der Waals surface area contributed by atoms with E-state index in [4.69, 9.17) is 4.74 Å². The molecule has 2 atom stereocenters. The number of anilines is 1. The molecule has 0 spiro atoms. The van der Waals surface area contributed by atoms with Gasteiger partial charge in [0.15, 0.2) is 0 Å². The van der Waals surface area contributed by atoms with Crippen LogP contribution in [0.1, 0.15) is 5.56 Å². The van der Waals surface area contributed by atoms with Crippen LogP contribution < -0.4 is 31.8 Å². The Labute approximate surface area is 140 Å². The number of ether oxygens (including phenoxy) is 1. The number of rotatable bonds is 6. The molecule has 7 heteroatoms. The Hall–Kier alpha value is -2.61. The van der Waals surface area contributed by atoms with Gasteiger partial charge in [-0.1, -0.05) is 30.3 Å². The van der Waals surface area contributed by atoms with Gasteiger partial charge >= 0.3 is 0 Å². The van der Waals surface area contributed by atoms with E-state index in [2.05, 4.69) is 27.0 Å². The molecule has 3 rings (SSSR count). The van der Waals surface area contributed by atoms with Crippen LogP contribution in [-0.4, -0.2) is 25.2 Å². The standard InChI is InChI=1S/C17H21N5O2/c1-24-14-9-7-12(8-10-14)11-18-17(23)15-16(21-22-20-15)19-13-5-3-2-4-6-13/h2-10,15-16,19-22H,11H2,1H3,(H,18,23). The molecule has 24 heavy (non-hydrogen) atoms. The van der Waals surface area contributed by atoms with E-state index in [0.29, 0.717) is 6.54 Å². The summed E-state index contributed by atoms with van der Waals surface area (Å²) in [7, 11) is 1.63. The van der Waals surface area contributed by atoms with Crippen molar-refractivity contribution >= 4 is 11.6 Å². The van der Waals surface area contributed by atoms with E-state index < -0.39 is 6.04 Å². The zero-order valence-corrected chi connectivity index (χ0v) is 13.4. The normalized spacial score (nSPS) is 19.7. The zero-order valence-electron chi connectivity index (χ0n) is 13.4. The molecule has 1 aliphatic heterocycles. The van der Waals surface area contributed by atoms with Gasteiger partial charge in [0.05, 0.1) is 7.11 Å². The highest BCUT2D eigenvalue weighted by Crippen LogP contribution is 2.12. The number of carbonyl (C=O) groups excluding carboxylic acids is 1. The van der Waals surface area contributed by atoms with Crippen LogP contribution in [0.25, 0.3) is 0 Å². The van der Waals surface area contributed by atoms with Crippen LogP contribution >= 0.6 is 0 Å². The molecule has 1 heterocycles. The molecule has 2 aromatic rings. The molecule has 2 aromatic carbocycles. The molecule has 1 saturated heterocycles. The SMILES string of the molecule is COc1ccc(CNC(=O)C2NNNC2Nc2ccccc2)cc1. The van der Waals surface area contributed by atoms with Crippen molar-refractivity contribution in [2.75, 3.05) is 12.4 Å². The Kier molecular flexibility index (Phi) is 5.27. The number of hydrazine groups is 2.